The van der Waals surface area contributed by atoms with Gasteiger partial charge in [0.05, 0.1) is 23.5 Å². The smallest absolute Gasteiger partial charge is 0.253 e. The van der Waals surface area contributed by atoms with Gasteiger partial charge in [-0.2, -0.15) is 0 Å². The molecule has 3 heterocycles. The summed E-state index contributed by atoms with van der Waals surface area (Å²) in [5.41, 5.74) is 8.14. The van der Waals surface area contributed by atoms with Crippen molar-refractivity contribution in [2.75, 3.05) is 24.6 Å². The van der Waals surface area contributed by atoms with E-state index in [0.29, 0.717) is 45.2 Å². The Morgan fingerprint density at radius 2 is 2.09 bits per heavy atom. The van der Waals surface area contributed by atoms with E-state index in [1.54, 1.807) is 24.3 Å². The fourth-order valence-corrected chi connectivity index (χ4v) is 4.75. The molecule has 32 heavy (non-hydrogen) atoms. The van der Waals surface area contributed by atoms with E-state index in [4.69, 9.17) is 26.8 Å². The van der Waals surface area contributed by atoms with Crippen molar-refractivity contribution in [3.05, 3.63) is 51.6 Å². The highest BCUT2D eigenvalue weighted by atomic mass is 35.5. The van der Waals surface area contributed by atoms with Crippen molar-refractivity contribution in [1.82, 2.24) is 15.2 Å². The number of rotatable bonds is 6. The molecule has 166 valence electrons. The lowest BCUT2D eigenvalue weighted by molar-refractivity contribution is 0.0205. The van der Waals surface area contributed by atoms with E-state index < -0.39 is 5.91 Å². The Morgan fingerprint density at radius 1 is 1.31 bits per heavy atom. The minimum Gasteiger partial charge on any atom is -0.486 e. The largest absolute Gasteiger partial charge is 0.486 e. The van der Waals surface area contributed by atoms with Crippen LogP contribution in [-0.2, 0) is 11.3 Å². The summed E-state index contributed by atoms with van der Waals surface area (Å²) in [6.45, 7) is 4.21. The van der Waals surface area contributed by atoms with Crippen molar-refractivity contribution in [3.63, 3.8) is 0 Å². The Labute approximate surface area is 194 Å². The minimum absolute atomic E-state index is 0.0839. The minimum atomic E-state index is -0.534. The molecule has 1 aliphatic carbocycles. The number of carbonyl (C=O) groups excluding carboxylic acids is 1. The molecule has 0 atom stereocenters. The van der Waals surface area contributed by atoms with Crippen molar-refractivity contribution >= 4 is 34.5 Å². The lowest BCUT2D eigenvalue weighted by Gasteiger charge is -2.36. The van der Waals surface area contributed by atoms with Gasteiger partial charge in [-0.15, -0.1) is 10.2 Å². The topological polar surface area (TPSA) is 103 Å². The summed E-state index contributed by atoms with van der Waals surface area (Å²) in [4.78, 5) is 19.3. The summed E-state index contributed by atoms with van der Waals surface area (Å²) in [6.07, 6.45) is 2.08. The van der Waals surface area contributed by atoms with E-state index in [1.165, 1.54) is 11.3 Å². The van der Waals surface area contributed by atoms with E-state index in [1.807, 2.05) is 13.0 Å². The SMILES string of the molecule is Cc1cc(N2CCOC3(CC3)C2)c(C(N)=O)c(-c2nnc(COc3ccc(Cl)cc3)s2)n1. The molecule has 2 N–H and O–H groups in total. The van der Waals surface area contributed by atoms with Crippen LogP contribution >= 0.6 is 22.9 Å². The number of halogens is 1. The first-order valence-corrected chi connectivity index (χ1v) is 11.5. The number of aromatic nitrogens is 3. The molecule has 1 saturated heterocycles. The molecule has 8 nitrogen and oxygen atoms in total. The predicted molar refractivity (Wildman–Crippen MR) is 122 cm³/mol. The first-order valence-electron chi connectivity index (χ1n) is 10.3. The Morgan fingerprint density at radius 3 is 2.81 bits per heavy atom. The highest BCUT2D eigenvalue weighted by Crippen LogP contribution is 2.44. The van der Waals surface area contributed by atoms with E-state index in [-0.39, 0.29) is 12.2 Å². The lowest BCUT2D eigenvalue weighted by Crippen LogP contribution is -2.44. The van der Waals surface area contributed by atoms with Gasteiger partial charge in [-0.05, 0) is 50.1 Å². The molecular weight excluding hydrogens is 450 g/mol. The van der Waals surface area contributed by atoms with Gasteiger partial charge in [-0.1, -0.05) is 22.9 Å². The van der Waals surface area contributed by atoms with Crippen LogP contribution in [-0.4, -0.2) is 46.4 Å². The molecule has 10 heteroatoms. The molecule has 1 spiro atoms. The number of carbonyl (C=O) groups is 1. The number of aryl methyl sites for hydroxylation is 1. The van der Waals surface area contributed by atoms with Crippen LogP contribution in [0.25, 0.3) is 10.7 Å². The molecule has 5 rings (SSSR count). The summed E-state index contributed by atoms with van der Waals surface area (Å²) in [5.74, 6) is 0.147. The molecule has 0 unspecified atom stereocenters. The van der Waals surface area contributed by atoms with Gasteiger partial charge in [0.25, 0.3) is 5.91 Å². The zero-order valence-electron chi connectivity index (χ0n) is 17.5. The monoisotopic (exact) mass is 471 g/mol. The number of hydrogen-bond donors (Lipinski definition) is 1. The van der Waals surface area contributed by atoms with Crippen LogP contribution in [0.3, 0.4) is 0 Å². The number of anilines is 1. The van der Waals surface area contributed by atoms with Gasteiger partial charge in [0.15, 0.2) is 10.0 Å². The fraction of sp³-hybridized carbons (Fsp3) is 0.364. The third kappa shape index (κ3) is 4.28. The van der Waals surface area contributed by atoms with Crippen LogP contribution in [0.1, 0.15) is 33.9 Å². The van der Waals surface area contributed by atoms with Crippen molar-refractivity contribution in [1.29, 1.82) is 0 Å². The standard InChI is InChI=1S/C22H22ClN5O3S/c1-13-10-16(28-8-9-31-22(12-28)6-7-22)18(20(24)29)19(25-13)21-27-26-17(32-21)11-30-15-4-2-14(23)3-5-15/h2-5,10H,6-9,11-12H2,1H3,(H2,24,29). The van der Waals surface area contributed by atoms with Gasteiger partial charge in [-0.3, -0.25) is 4.79 Å². The number of benzene rings is 1. The number of primary amides is 1. The van der Waals surface area contributed by atoms with Crippen LogP contribution in [0.4, 0.5) is 5.69 Å². The summed E-state index contributed by atoms with van der Waals surface area (Å²) in [5, 5.41) is 10.3. The normalized spacial score (nSPS) is 16.9. The quantitative estimate of drug-likeness (QED) is 0.585. The lowest BCUT2D eigenvalue weighted by atomic mass is 10.1. The molecule has 3 aromatic rings. The van der Waals surface area contributed by atoms with Gasteiger partial charge in [-0.25, -0.2) is 4.98 Å². The Kier molecular flexibility index (Phi) is 5.48. The maximum atomic E-state index is 12.5. The molecule has 2 fully saturated rings. The Balaban J connectivity index is 1.43. The second-order valence-electron chi connectivity index (χ2n) is 8.07. The average molecular weight is 472 g/mol. The van der Waals surface area contributed by atoms with E-state index >= 15 is 0 Å². The van der Waals surface area contributed by atoms with Crippen molar-refractivity contribution in [3.8, 4) is 16.5 Å². The van der Waals surface area contributed by atoms with Gasteiger partial charge < -0.3 is 20.1 Å². The van der Waals surface area contributed by atoms with Crippen molar-refractivity contribution in [2.45, 2.75) is 32.0 Å². The van der Waals surface area contributed by atoms with E-state index in [2.05, 4.69) is 20.1 Å². The zero-order chi connectivity index (χ0) is 22.3. The Hall–Kier alpha value is -2.75. The molecule has 2 aliphatic rings. The van der Waals surface area contributed by atoms with Crippen LogP contribution in [0.2, 0.25) is 5.02 Å². The molecule has 2 aromatic heterocycles. The molecule has 1 aliphatic heterocycles. The Bertz CT molecular complexity index is 1160. The maximum absolute atomic E-state index is 12.5. The van der Waals surface area contributed by atoms with Gasteiger partial charge in [0, 0.05) is 23.8 Å². The number of ether oxygens (including phenoxy) is 2. The highest BCUT2D eigenvalue weighted by Gasteiger charge is 2.48. The fourth-order valence-electron chi connectivity index (χ4n) is 3.88. The summed E-state index contributed by atoms with van der Waals surface area (Å²) in [6, 6.07) is 9.02. The molecule has 1 saturated carbocycles. The van der Waals surface area contributed by atoms with Gasteiger partial charge in [0.1, 0.15) is 18.1 Å². The predicted octanol–water partition coefficient (Wildman–Crippen LogP) is 3.61. The third-order valence-electron chi connectivity index (χ3n) is 5.62. The number of nitrogens with zero attached hydrogens (tertiary/aromatic N) is 4. The number of morpholine rings is 1. The number of nitrogens with two attached hydrogens (primary N) is 1. The molecule has 1 amide bonds. The first kappa shape index (κ1) is 21.1. The number of hydrogen-bond acceptors (Lipinski definition) is 8. The van der Waals surface area contributed by atoms with E-state index in [0.717, 1.165) is 30.8 Å². The first-order chi connectivity index (χ1) is 15.4. The van der Waals surface area contributed by atoms with Crippen LogP contribution in [0, 0.1) is 6.92 Å². The molecule has 1 aromatic carbocycles. The molecule has 0 radical (unpaired) electrons. The third-order valence-corrected chi connectivity index (χ3v) is 6.77. The second kappa shape index (κ2) is 8.31. The highest BCUT2D eigenvalue weighted by molar-refractivity contribution is 7.14. The van der Waals surface area contributed by atoms with Crippen molar-refractivity contribution in [2.24, 2.45) is 5.73 Å². The van der Waals surface area contributed by atoms with Gasteiger partial charge >= 0.3 is 0 Å². The summed E-state index contributed by atoms with van der Waals surface area (Å²) >= 11 is 7.24. The molecular formula is C22H22ClN5O3S. The number of pyridine rings is 1. The summed E-state index contributed by atoms with van der Waals surface area (Å²) in [7, 11) is 0. The van der Waals surface area contributed by atoms with E-state index in [9.17, 15) is 4.79 Å². The average Bonchev–Trinajstić information content (AvgIpc) is 3.33. The second-order valence-corrected chi connectivity index (χ2v) is 9.57. The van der Waals surface area contributed by atoms with Crippen LogP contribution in [0.5, 0.6) is 5.75 Å². The summed E-state index contributed by atoms with van der Waals surface area (Å²) < 4.78 is 11.7. The van der Waals surface area contributed by atoms with Gasteiger partial charge in [0.2, 0.25) is 0 Å². The van der Waals surface area contributed by atoms with Crippen LogP contribution < -0.4 is 15.4 Å². The van der Waals surface area contributed by atoms with Crippen LogP contribution in [0.15, 0.2) is 30.3 Å². The zero-order valence-corrected chi connectivity index (χ0v) is 19.1. The maximum Gasteiger partial charge on any atom is 0.253 e. The molecule has 0 bridgehead atoms. The number of amides is 1. The van der Waals surface area contributed by atoms with Crippen molar-refractivity contribution < 1.29 is 14.3 Å².